The zero-order valence-corrected chi connectivity index (χ0v) is 14.0. The topological polar surface area (TPSA) is 41.0 Å². The van der Waals surface area contributed by atoms with Crippen LogP contribution in [0.2, 0.25) is 5.28 Å². The lowest BCUT2D eigenvalue weighted by atomic mass is 10.2. The quantitative estimate of drug-likeness (QED) is 0.827. The standard InChI is InChI=1S/C14H21ClN4S/c1-5-10-8-11-12(16-9(2)6-7-19(3)4)17-14(15)18-13(11)20-10/h8-9H,5-7H2,1-4H3,(H,16,17,18). The number of aromatic nitrogens is 2. The van der Waals surface area contributed by atoms with E-state index in [-0.39, 0.29) is 0 Å². The van der Waals surface area contributed by atoms with Crippen molar-refractivity contribution in [1.82, 2.24) is 14.9 Å². The highest BCUT2D eigenvalue weighted by Crippen LogP contribution is 2.30. The van der Waals surface area contributed by atoms with Crippen molar-refractivity contribution in [3.05, 3.63) is 16.2 Å². The molecule has 1 atom stereocenters. The van der Waals surface area contributed by atoms with E-state index < -0.39 is 0 Å². The molecule has 2 aromatic heterocycles. The number of hydrogen-bond donors (Lipinski definition) is 1. The van der Waals surface area contributed by atoms with Crippen molar-refractivity contribution < 1.29 is 0 Å². The minimum atomic E-state index is 0.310. The van der Waals surface area contributed by atoms with Crippen LogP contribution >= 0.6 is 22.9 Å². The van der Waals surface area contributed by atoms with Crippen molar-refractivity contribution in [2.75, 3.05) is 26.0 Å². The molecule has 1 unspecified atom stereocenters. The number of rotatable bonds is 6. The first kappa shape index (κ1) is 15.5. The Bertz CT molecular complexity index is 582. The van der Waals surface area contributed by atoms with Crippen LogP contribution in [-0.4, -0.2) is 41.5 Å². The second kappa shape index (κ2) is 6.70. The van der Waals surface area contributed by atoms with Gasteiger partial charge < -0.3 is 10.2 Å². The van der Waals surface area contributed by atoms with E-state index in [0.29, 0.717) is 11.3 Å². The summed E-state index contributed by atoms with van der Waals surface area (Å²) in [6.07, 6.45) is 2.06. The first-order chi connectivity index (χ1) is 9.49. The molecule has 0 aliphatic heterocycles. The molecule has 110 valence electrons. The summed E-state index contributed by atoms with van der Waals surface area (Å²) in [7, 11) is 4.16. The van der Waals surface area contributed by atoms with Crippen LogP contribution in [0.4, 0.5) is 5.82 Å². The monoisotopic (exact) mass is 312 g/mol. The van der Waals surface area contributed by atoms with Crippen molar-refractivity contribution in [1.29, 1.82) is 0 Å². The van der Waals surface area contributed by atoms with E-state index in [0.717, 1.165) is 35.4 Å². The second-order valence-corrected chi connectivity index (χ2v) is 6.72. The molecule has 2 aromatic rings. The number of nitrogens with one attached hydrogen (secondary N) is 1. The molecule has 0 saturated carbocycles. The lowest BCUT2D eigenvalue weighted by molar-refractivity contribution is 0.390. The molecule has 0 amide bonds. The van der Waals surface area contributed by atoms with Crippen LogP contribution in [0.5, 0.6) is 0 Å². The van der Waals surface area contributed by atoms with Gasteiger partial charge in [0.2, 0.25) is 5.28 Å². The summed E-state index contributed by atoms with van der Waals surface area (Å²) in [4.78, 5) is 13.1. The highest BCUT2D eigenvalue weighted by atomic mass is 35.5. The van der Waals surface area contributed by atoms with Gasteiger partial charge in [-0.25, -0.2) is 9.97 Å². The van der Waals surface area contributed by atoms with Crippen LogP contribution < -0.4 is 5.32 Å². The maximum atomic E-state index is 6.02. The predicted octanol–water partition coefficient (Wildman–Crippen LogP) is 3.66. The molecule has 0 saturated heterocycles. The minimum Gasteiger partial charge on any atom is -0.367 e. The van der Waals surface area contributed by atoms with Gasteiger partial charge in [0, 0.05) is 10.9 Å². The van der Waals surface area contributed by atoms with Gasteiger partial charge in [-0.2, -0.15) is 0 Å². The highest BCUT2D eigenvalue weighted by Gasteiger charge is 2.12. The Balaban J connectivity index is 2.21. The van der Waals surface area contributed by atoms with Crippen molar-refractivity contribution in [2.24, 2.45) is 0 Å². The fourth-order valence-corrected chi connectivity index (χ4v) is 3.17. The Kier molecular flexibility index (Phi) is 5.18. The van der Waals surface area contributed by atoms with E-state index in [1.807, 2.05) is 0 Å². The first-order valence-corrected chi connectivity index (χ1v) is 8.06. The van der Waals surface area contributed by atoms with Crippen molar-refractivity contribution >= 4 is 39.0 Å². The van der Waals surface area contributed by atoms with E-state index >= 15 is 0 Å². The predicted molar refractivity (Wildman–Crippen MR) is 88.1 cm³/mol. The normalized spacial score (nSPS) is 13.1. The molecule has 1 N–H and O–H groups in total. The van der Waals surface area contributed by atoms with E-state index in [1.54, 1.807) is 11.3 Å². The zero-order valence-electron chi connectivity index (χ0n) is 12.4. The molecule has 20 heavy (non-hydrogen) atoms. The molecule has 0 aromatic carbocycles. The van der Waals surface area contributed by atoms with Crippen LogP contribution in [0.25, 0.3) is 10.2 Å². The summed E-state index contributed by atoms with van der Waals surface area (Å²) < 4.78 is 0. The average molecular weight is 313 g/mol. The number of halogens is 1. The number of fused-ring (bicyclic) bond motifs is 1. The van der Waals surface area contributed by atoms with Gasteiger partial charge in [-0.15, -0.1) is 11.3 Å². The number of thiophene rings is 1. The van der Waals surface area contributed by atoms with E-state index in [4.69, 9.17) is 11.6 Å². The molecule has 6 heteroatoms. The van der Waals surface area contributed by atoms with Crippen molar-refractivity contribution in [3.63, 3.8) is 0 Å². The van der Waals surface area contributed by atoms with Crippen LogP contribution in [0.3, 0.4) is 0 Å². The van der Waals surface area contributed by atoms with Crippen LogP contribution in [0, 0.1) is 0 Å². The maximum Gasteiger partial charge on any atom is 0.225 e. The number of hydrogen-bond acceptors (Lipinski definition) is 5. The van der Waals surface area contributed by atoms with Gasteiger partial charge >= 0.3 is 0 Å². The molecule has 0 spiro atoms. The third-order valence-corrected chi connectivity index (χ3v) is 4.50. The van der Waals surface area contributed by atoms with Crippen LogP contribution in [0.1, 0.15) is 25.1 Å². The first-order valence-electron chi connectivity index (χ1n) is 6.86. The third kappa shape index (κ3) is 3.81. The van der Waals surface area contributed by atoms with E-state index in [9.17, 15) is 0 Å². The summed E-state index contributed by atoms with van der Waals surface area (Å²) in [5, 5.41) is 4.85. The summed E-state index contributed by atoms with van der Waals surface area (Å²) in [5.74, 6) is 0.849. The molecule has 0 radical (unpaired) electrons. The molecule has 4 nitrogen and oxygen atoms in total. The molecular formula is C14H21ClN4S. The zero-order chi connectivity index (χ0) is 14.7. The third-order valence-electron chi connectivity index (χ3n) is 3.16. The van der Waals surface area contributed by atoms with Gasteiger partial charge in [0.25, 0.3) is 0 Å². The maximum absolute atomic E-state index is 6.02. The Hall–Kier alpha value is -0.910. The van der Waals surface area contributed by atoms with Gasteiger partial charge in [-0.3, -0.25) is 0 Å². The molecule has 2 heterocycles. The lowest BCUT2D eigenvalue weighted by Gasteiger charge is -2.17. The Morgan fingerprint density at radius 3 is 2.80 bits per heavy atom. The summed E-state index contributed by atoms with van der Waals surface area (Å²) in [6, 6.07) is 2.51. The SMILES string of the molecule is CCc1cc2c(NC(C)CCN(C)C)nc(Cl)nc2s1. The number of anilines is 1. The molecule has 0 aliphatic carbocycles. The van der Waals surface area contributed by atoms with Gasteiger partial charge in [0.1, 0.15) is 10.6 Å². The molecule has 0 bridgehead atoms. The van der Waals surface area contributed by atoms with Crippen LogP contribution in [0.15, 0.2) is 6.07 Å². The molecule has 2 rings (SSSR count). The lowest BCUT2D eigenvalue weighted by Crippen LogP contribution is -2.23. The highest BCUT2D eigenvalue weighted by molar-refractivity contribution is 7.18. The van der Waals surface area contributed by atoms with E-state index in [1.165, 1.54) is 4.88 Å². The largest absolute Gasteiger partial charge is 0.367 e. The smallest absolute Gasteiger partial charge is 0.225 e. The second-order valence-electron chi connectivity index (χ2n) is 5.26. The average Bonchev–Trinajstić information content (AvgIpc) is 2.79. The fourth-order valence-electron chi connectivity index (χ4n) is 1.99. The summed E-state index contributed by atoms with van der Waals surface area (Å²) in [6.45, 7) is 5.35. The van der Waals surface area contributed by atoms with Gasteiger partial charge in [-0.1, -0.05) is 6.92 Å². The number of aryl methyl sites for hydroxylation is 1. The van der Waals surface area contributed by atoms with E-state index in [2.05, 4.69) is 54.2 Å². The Morgan fingerprint density at radius 1 is 1.40 bits per heavy atom. The van der Waals surface area contributed by atoms with Gasteiger partial charge in [0.15, 0.2) is 0 Å². The fraction of sp³-hybridized carbons (Fsp3) is 0.571. The van der Waals surface area contributed by atoms with Crippen molar-refractivity contribution in [2.45, 2.75) is 32.7 Å². The van der Waals surface area contributed by atoms with Crippen LogP contribution in [-0.2, 0) is 6.42 Å². The molecule has 0 fully saturated rings. The Labute approximate surface area is 129 Å². The Morgan fingerprint density at radius 2 is 2.15 bits per heavy atom. The number of nitrogens with zero attached hydrogens (tertiary/aromatic N) is 3. The molecule has 0 aliphatic rings. The summed E-state index contributed by atoms with van der Waals surface area (Å²) >= 11 is 7.71. The van der Waals surface area contributed by atoms with Gasteiger partial charge in [-0.05, 0) is 58.1 Å². The minimum absolute atomic E-state index is 0.310. The summed E-state index contributed by atoms with van der Waals surface area (Å²) in [5.41, 5.74) is 0. The van der Waals surface area contributed by atoms with Crippen molar-refractivity contribution in [3.8, 4) is 0 Å². The van der Waals surface area contributed by atoms with Gasteiger partial charge in [0.05, 0.1) is 5.39 Å². The molecular weight excluding hydrogens is 292 g/mol.